The van der Waals surface area contributed by atoms with Crippen molar-refractivity contribution in [3.63, 3.8) is 0 Å². The first-order valence-corrected chi connectivity index (χ1v) is 6.69. The smallest absolute Gasteiger partial charge is 0.161 e. The molecule has 22 heavy (non-hydrogen) atoms. The summed E-state index contributed by atoms with van der Waals surface area (Å²) in [5.74, 6) is -0.295. The predicted molar refractivity (Wildman–Crippen MR) is 75.8 cm³/mol. The van der Waals surface area contributed by atoms with Crippen molar-refractivity contribution in [2.45, 2.75) is 6.54 Å². The zero-order chi connectivity index (χ0) is 15.5. The van der Waals surface area contributed by atoms with Gasteiger partial charge in [-0.15, -0.1) is 0 Å². The zero-order valence-corrected chi connectivity index (χ0v) is 11.5. The molecule has 0 amide bonds. The van der Waals surface area contributed by atoms with E-state index in [0.29, 0.717) is 37.3 Å². The monoisotopic (exact) mass is 302 g/mol. The number of nitrogens with zero attached hydrogens (tertiary/aromatic N) is 1. The van der Waals surface area contributed by atoms with Gasteiger partial charge in [-0.3, -0.25) is 0 Å². The largest absolute Gasteiger partial charge is 0.486 e. The van der Waals surface area contributed by atoms with Crippen LogP contribution >= 0.6 is 0 Å². The Kier molecular flexibility index (Phi) is 3.79. The second-order valence-corrected chi connectivity index (χ2v) is 4.76. The van der Waals surface area contributed by atoms with Crippen LogP contribution in [0.25, 0.3) is 0 Å². The van der Waals surface area contributed by atoms with Crippen LogP contribution in [0.1, 0.15) is 11.1 Å². The van der Waals surface area contributed by atoms with Gasteiger partial charge in [-0.25, -0.2) is 8.78 Å². The van der Waals surface area contributed by atoms with Gasteiger partial charge in [0.05, 0.1) is 11.3 Å². The second kappa shape index (κ2) is 5.90. The van der Waals surface area contributed by atoms with Crippen molar-refractivity contribution >= 4 is 5.69 Å². The van der Waals surface area contributed by atoms with E-state index >= 15 is 0 Å². The number of nitrogens with one attached hydrogen (secondary N) is 1. The molecule has 1 N–H and O–H groups in total. The average Bonchev–Trinajstić information content (AvgIpc) is 2.54. The van der Waals surface area contributed by atoms with E-state index in [4.69, 9.17) is 14.7 Å². The molecule has 1 aliphatic rings. The van der Waals surface area contributed by atoms with E-state index < -0.39 is 11.6 Å². The minimum absolute atomic E-state index is 0.0767. The van der Waals surface area contributed by atoms with Crippen LogP contribution in [0.2, 0.25) is 0 Å². The Labute approximate surface area is 125 Å². The van der Waals surface area contributed by atoms with Gasteiger partial charge in [-0.05, 0) is 23.8 Å². The molecule has 2 aromatic rings. The van der Waals surface area contributed by atoms with Crippen LogP contribution in [0.4, 0.5) is 14.5 Å². The van der Waals surface area contributed by atoms with Gasteiger partial charge in [0, 0.05) is 12.6 Å². The molecule has 4 nitrogen and oxygen atoms in total. The van der Waals surface area contributed by atoms with Gasteiger partial charge >= 0.3 is 0 Å². The number of anilines is 1. The van der Waals surface area contributed by atoms with Gasteiger partial charge in [0.15, 0.2) is 11.5 Å². The lowest BCUT2D eigenvalue weighted by Crippen LogP contribution is -2.15. The molecule has 0 unspecified atom stereocenters. The molecule has 0 spiro atoms. The average molecular weight is 302 g/mol. The number of benzene rings is 2. The second-order valence-electron chi connectivity index (χ2n) is 4.76. The van der Waals surface area contributed by atoms with E-state index in [2.05, 4.69) is 5.32 Å². The molecule has 0 fully saturated rings. The third kappa shape index (κ3) is 2.79. The normalized spacial score (nSPS) is 12.6. The topological polar surface area (TPSA) is 54.3 Å². The molecule has 0 radical (unpaired) electrons. The van der Waals surface area contributed by atoms with E-state index in [9.17, 15) is 8.78 Å². The molecular weight excluding hydrogens is 290 g/mol. The molecule has 1 heterocycles. The Bertz CT molecular complexity index is 757. The van der Waals surface area contributed by atoms with Crippen LogP contribution in [-0.4, -0.2) is 13.2 Å². The van der Waals surface area contributed by atoms with Gasteiger partial charge in [0.25, 0.3) is 0 Å². The van der Waals surface area contributed by atoms with Crippen LogP contribution < -0.4 is 14.8 Å². The van der Waals surface area contributed by atoms with Gasteiger partial charge in [-0.2, -0.15) is 5.26 Å². The first kappa shape index (κ1) is 14.1. The molecule has 6 heteroatoms. The van der Waals surface area contributed by atoms with E-state index in [-0.39, 0.29) is 11.3 Å². The van der Waals surface area contributed by atoms with Crippen molar-refractivity contribution in [1.82, 2.24) is 0 Å². The highest BCUT2D eigenvalue weighted by Gasteiger charge is 2.13. The Hall–Kier alpha value is -2.81. The summed E-state index contributed by atoms with van der Waals surface area (Å²) in [6.45, 7) is 1.31. The maximum atomic E-state index is 13.7. The van der Waals surface area contributed by atoms with E-state index in [1.54, 1.807) is 18.2 Å². The van der Waals surface area contributed by atoms with Crippen LogP contribution in [0, 0.1) is 23.0 Å². The fourth-order valence-corrected chi connectivity index (χ4v) is 2.17. The van der Waals surface area contributed by atoms with Crippen molar-refractivity contribution in [1.29, 1.82) is 5.26 Å². The number of hydrogen-bond acceptors (Lipinski definition) is 4. The maximum Gasteiger partial charge on any atom is 0.161 e. The number of rotatable bonds is 3. The van der Waals surface area contributed by atoms with Gasteiger partial charge < -0.3 is 14.8 Å². The Balaban J connectivity index is 1.77. The molecule has 1 aliphatic heterocycles. The van der Waals surface area contributed by atoms with Crippen LogP contribution in [0.15, 0.2) is 30.3 Å². The fourth-order valence-electron chi connectivity index (χ4n) is 2.17. The molecule has 0 saturated heterocycles. The van der Waals surface area contributed by atoms with Crippen molar-refractivity contribution in [3.05, 3.63) is 53.1 Å². The van der Waals surface area contributed by atoms with E-state index in [0.717, 1.165) is 11.6 Å². The standard InChI is InChI=1S/C16H12F2N2O2/c17-12-7-13(18)14(6-11(12)8-19)20-9-10-1-2-15-16(5-10)22-4-3-21-15/h1-2,5-7,20H,3-4,9H2. The number of ether oxygens (including phenoxy) is 2. The first-order chi connectivity index (χ1) is 10.7. The third-order valence-corrected chi connectivity index (χ3v) is 3.27. The number of fused-ring (bicyclic) bond motifs is 1. The zero-order valence-electron chi connectivity index (χ0n) is 11.5. The highest BCUT2D eigenvalue weighted by atomic mass is 19.1. The Morgan fingerprint density at radius 1 is 1.05 bits per heavy atom. The lowest BCUT2D eigenvalue weighted by molar-refractivity contribution is 0.171. The summed E-state index contributed by atoms with van der Waals surface area (Å²) in [7, 11) is 0. The molecule has 0 aromatic heterocycles. The van der Waals surface area contributed by atoms with Crippen LogP contribution in [-0.2, 0) is 6.54 Å². The summed E-state index contributed by atoms with van der Waals surface area (Å²) in [5, 5.41) is 11.6. The highest BCUT2D eigenvalue weighted by Crippen LogP contribution is 2.31. The molecule has 3 rings (SSSR count). The predicted octanol–water partition coefficient (Wildman–Crippen LogP) is 3.22. The minimum atomic E-state index is -0.870. The summed E-state index contributed by atoms with van der Waals surface area (Å²) in [6, 6.07) is 8.95. The summed E-state index contributed by atoms with van der Waals surface area (Å²) in [5.41, 5.74) is 0.727. The molecule has 0 saturated carbocycles. The van der Waals surface area contributed by atoms with Crippen LogP contribution in [0.3, 0.4) is 0 Å². The molecule has 2 aromatic carbocycles. The minimum Gasteiger partial charge on any atom is -0.486 e. The molecule has 0 bridgehead atoms. The molecular formula is C16H12F2N2O2. The van der Waals surface area contributed by atoms with Crippen molar-refractivity contribution in [2.24, 2.45) is 0 Å². The quantitative estimate of drug-likeness (QED) is 0.946. The molecule has 0 atom stereocenters. The van der Waals surface area contributed by atoms with Gasteiger partial charge in [0.1, 0.15) is 30.9 Å². The fraction of sp³-hybridized carbons (Fsp3) is 0.188. The summed E-state index contributed by atoms with van der Waals surface area (Å²) in [6.07, 6.45) is 0. The summed E-state index contributed by atoms with van der Waals surface area (Å²) >= 11 is 0. The lowest BCUT2D eigenvalue weighted by Gasteiger charge is -2.19. The summed E-state index contributed by atoms with van der Waals surface area (Å²) in [4.78, 5) is 0. The molecule has 112 valence electrons. The van der Waals surface area contributed by atoms with Crippen molar-refractivity contribution in [3.8, 4) is 17.6 Å². The molecule has 0 aliphatic carbocycles. The van der Waals surface area contributed by atoms with Gasteiger partial charge in [-0.1, -0.05) is 6.07 Å². The SMILES string of the molecule is N#Cc1cc(NCc2ccc3c(c2)OCCO3)c(F)cc1F. The Morgan fingerprint density at radius 3 is 2.59 bits per heavy atom. The summed E-state index contributed by atoms with van der Waals surface area (Å²) < 4.78 is 37.8. The number of nitriles is 1. The van der Waals surface area contributed by atoms with Crippen LogP contribution in [0.5, 0.6) is 11.5 Å². The maximum absolute atomic E-state index is 13.7. The van der Waals surface area contributed by atoms with Crippen molar-refractivity contribution in [2.75, 3.05) is 18.5 Å². The van der Waals surface area contributed by atoms with E-state index in [1.165, 1.54) is 0 Å². The first-order valence-electron chi connectivity index (χ1n) is 6.69. The van der Waals surface area contributed by atoms with Crippen molar-refractivity contribution < 1.29 is 18.3 Å². The highest BCUT2D eigenvalue weighted by molar-refractivity contribution is 5.52. The van der Waals surface area contributed by atoms with Gasteiger partial charge in [0.2, 0.25) is 0 Å². The third-order valence-electron chi connectivity index (χ3n) is 3.27. The van der Waals surface area contributed by atoms with E-state index in [1.807, 2.05) is 6.07 Å². The Morgan fingerprint density at radius 2 is 1.82 bits per heavy atom. The number of hydrogen-bond donors (Lipinski definition) is 1. The number of halogens is 2. The lowest BCUT2D eigenvalue weighted by atomic mass is 10.1.